The van der Waals surface area contributed by atoms with E-state index in [1.54, 1.807) is 0 Å². The van der Waals surface area contributed by atoms with Crippen molar-refractivity contribution < 1.29 is 9.32 Å². The number of hydrogen-bond donors (Lipinski definition) is 1. The summed E-state index contributed by atoms with van der Waals surface area (Å²) in [5.74, 6) is 0. The fourth-order valence-corrected chi connectivity index (χ4v) is 5.39. The first kappa shape index (κ1) is 19.1. The van der Waals surface area contributed by atoms with Crippen LogP contribution in [0.2, 0.25) is 19.6 Å². The van der Waals surface area contributed by atoms with Crippen molar-refractivity contribution in [1.82, 2.24) is 0 Å². The van der Waals surface area contributed by atoms with Gasteiger partial charge in [-0.25, -0.2) is 0 Å². The highest BCUT2D eigenvalue weighted by Gasteiger charge is 2.29. The number of aliphatic hydroxyl groups excluding tert-OH is 1. The molecule has 0 aromatic carbocycles. The number of hydrogen-bond acceptors (Lipinski definition) is 2. The molecule has 0 aliphatic heterocycles. The van der Waals surface area contributed by atoms with Gasteiger partial charge in [0.05, 0.1) is 25.0 Å². The van der Waals surface area contributed by atoms with E-state index in [9.17, 15) is 9.32 Å². The van der Waals surface area contributed by atoms with Gasteiger partial charge in [-0.2, -0.15) is 0 Å². The van der Waals surface area contributed by atoms with E-state index in [4.69, 9.17) is 0 Å². The molecule has 0 aromatic rings. The zero-order chi connectivity index (χ0) is 15.3. The molecule has 0 heterocycles. The van der Waals surface area contributed by atoms with Crippen LogP contribution in [0.15, 0.2) is 10.6 Å². The van der Waals surface area contributed by atoms with Crippen LogP contribution in [-0.2, 0) is 10.8 Å². The predicted octanol–water partition coefficient (Wildman–Crippen LogP) is 4.24. The third kappa shape index (κ3) is 8.05. The molecule has 0 bridgehead atoms. The minimum absolute atomic E-state index is 0.308. The summed E-state index contributed by atoms with van der Waals surface area (Å²) in [5.41, 5.74) is 2.13. The molecular weight excluding hydrogens is 272 g/mol. The van der Waals surface area contributed by atoms with E-state index in [-0.39, 0.29) is 4.75 Å². The minimum Gasteiger partial charge on any atom is -0.388 e. The highest BCUT2D eigenvalue weighted by atomic mass is 32.2. The second-order valence-electron chi connectivity index (χ2n) is 7.31. The number of rotatable bonds is 7. The van der Waals surface area contributed by atoms with E-state index in [2.05, 4.69) is 32.3 Å². The smallest absolute Gasteiger partial charge is 0.0866 e. The van der Waals surface area contributed by atoms with Gasteiger partial charge in [-0.05, 0) is 27.2 Å². The van der Waals surface area contributed by atoms with Crippen LogP contribution in [0.4, 0.5) is 0 Å². The van der Waals surface area contributed by atoms with Gasteiger partial charge in [0.25, 0.3) is 0 Å². The molecule has 1 N–H and O–H groups in total. The van der Waals surface area contributed by atoms with E-state index in [1.165, 1.54) is 0 Å². The number of aliphatic hydroxyl groups is 1. The van der Waals surface area contributed by atoms with Crippen molar-refractivity contribution in [2.45, 2.75) is 83.9 Å². The Labute approximate surface area is 123 Å². The Morgan fingerprint density at radius 3 is 2.16 bits per heavy atom. The largest absolute Gasteiger partial charge is 0.388 e. The molecule has 2 nitrogen and oxygen atoms in total. The minimum atomic E-state index is -1.49. The fourth-order valence-electron chi connectivity index (χ4n) is 1.78. The highest BCUT2D eigenvalue weighted by molar-refractivity contribution is 7.90. The maximum atomic E-state index is 12.6. The second-order valence-corrected chi connectivity index (χ2v) is 14.6. The third-order valence-electron chi connectivity index (χ3n) is 2.76. The Hall–Kier alpha value is 0.0669. The van der Waals surface area contributed by atoms with Crippen LogP contribution in [0.5, 0.6) is 0 Å². The number of unbranched alkanes of at least 4 members (excludes halogenated alkanes) is 2. The van der Waals surface area contributed by atoms with Gasteiger partial charge in [-0.3, -0.25) is 4.21 Å². The zero-order valence-electron chi connectivity index (χ0n) is 13.7. The second kappa shape index (κ2) is 7.74. The lowest BCUT2D eigenvalue weighted by Gasteiger charge is -2.25. The lowest BCUT2D eigenvalue weighted by molar-refractivity contribution is 0.204. The molecule has 4 heteroatoms. The highest BCUT2D eigenvalue weighted by Crippen LogP contribution is 2.26. The van der Waals surface area contributed by atoms with E-state index in [0.717, 1.165) is 30.6 Å². The van der Waals surface area contributed by atoms with Crippen LogP contribution in [0.25, 0.3) is 0 Å². The predicted molar refractivity (Wildman–Crippen MR) is 89.5 cm³/mol. The average molecular weight is 305 g/mol. The van der Waals surface area contributed by atoms with Crippen LogP contribution in [0.3, 0.4) is 0 Å². The molecule has 0 fully saturated rings. The molecule has 0 aliphatic carbocycles. The summed E-state index contributed by atoms with van der Waals surface area (Å²) in [6, 6.07) is 0. The molecule has 0 aliphatic rings. The molecule has 0 saturated carbocycles. The Bertz CT molecular complexity index is 324. The molecule has 19 heavy (non-hydrogen) atoms. The van der Waals surface area contributed by atoms with Crippen molar-refractivity contribution in [3.8, 4) is 0 Å². The Morgan fingerprint density at radius 2 is 1.79 bits per heavy atom. The van der Waals surface area contributed by atoms with Crippen molar-refractivity contribution in [3.63, 3.8) is 0 Å². The summed E-state index contributed by atoms with van der Waals surface area (Å²) in [5, 5.41) is 10.4. The van der Waals surface area contributed by atoms with E-state index in [1.807, 2.05) is 20.8 Å². The van der Waals surface area contributed by atoms with Crippen molar-refractivity contribution in [2.75, 3.05) is 0 Å². The Kier molecular flexibility index (Phi) is 7.77. The summed E-state index contributed by atoms with van der Waals surface area (Å²) < 4.78 is 12.3. The average Bonchev–Trinajstić information content (AvgIpc) is 2.22. The van der Waals surface area contributed by atoms with Crippen LogP contribution < -0.4 is 0 Å². The summed E-state index contributed by atoms with van der Waals surface area (Å²) in [6.45, 7) is 14.7. The molecule has 0 aromatic heterocycles. The standard InChI is InChI=1S/C15H32O2SSi/c1-8-9-10-11-13(16)14(12-19(5,6)7)18(17)15(2,3)4/h12-13,16H,8-11H2,1-7H3/b14-12+/t13-,18?/m1/s1. The van der Waals surface area contributed by atoms with Crippen LogP contribution in [0.1, 0.15) is 53.4 Å². The lowest BCUT2D eigenvalue weighted by atomic mass is 10.1. The molecular formula is C15H32O2SSi. The van der Waals surface area contributed by atoms with Crippen molar-refractivity contribution in [3.05, 3.63) is 10.6 Å². The Balaban J connectivity index is 5.09. The fraction of sp³-hybridized carbons (Fsp3) is 0.867. The van der Waals surface area contributed by atoms with Gasteiger partial charge in [-0.1, -0.05) is 51.5 Å². The van der Waals surface area contributed by atoms with Crippen molar-refractivity contribution in [1.29, 1.82) is 0 Å². The van der Waals surface area contributed by atoms with Crippen LogP contribution >= 0.6 is 0 Å². The molecule has 0 rings (SSSR count). The van der Waals surface area contributed by atoms with Crippen LogP contribution in [0, 0.1) is 0 Å². The van der Waals surface area contributed by atoms with Gasteiger partial charge in [0, 0.05) is 9.65 Å². The zero-order valence-corrected chi connectivity index (χ0v) is 15.6. The van der Waals surface area contributed by atoms with Crippen LogP contribution in [-0.4, -0.2) is 28.2 Å². The van der Waals surface area contributed by atoms with E-state index in [0.29, 0.717) is 0 Å². The molecule has 1 unspecified atom stereocenters. The van der Waals surface area contributed by atoms with E-state index < -0.39 is 25.0 Å². The van der Waals surface area contributed by atoms with Gasteiger partial charge in [0.15, 0.2) is 0 Å². The van der Waals surface area contributed by atoms with Crippen molar-refractivity contribution >= 4 is 18.9 Å². The maximum absolute atomic E-state index is 12.6. The lowest BCUT2D eigenvalue weighted by Crippen LogP contribution is -2.31. The quantitative estimate of drug-likeness (QED) is 0.564. The van der Waals surface area contributed by atoms with Gasteiger partial charge in [0.2, 0.25) is 0 Å². The van der Waals surface area contributed by atoms with Crippen molar-refractivity contribution in [2.24, 2.45) is 0 Å². The molecule has 2 atom stereocenters. The molecule has 0 radical (unpaired) electrons. The monoisotopic (exact) mass is 304 g/mol. The summed E-state index contributed by atoms with van der Waals surface area (Å²) in [4.78, 5) is 0.766. The molecule has 0 amide bonds. The summed E-state index contributed by atoms with van der Waals surface area (Å²) in [7, 11) is -2.60. The van der Waals surface area contributed by atoms with Gasteiger partial charge in [-0.15, -0.1) is 0 Å². The molecule has 114 valence electrons. The third-order valence-corrected chi connectivity index (χ3v) is 6.07. The first-order valence-corrected chi connectivity index (χ1v) is 12.0. The summed E-state index contributed by atoms with van der Waals surface area (Å²) in [6.07, 6.45) is 3.45. The Morgan fingerprint density at radius 1 is 1.26 bits per heavy atom. The van der Waals surface area contributed by atoms with Gasteiger partial charge < -0.3 is 5.11 Å². The molecule has 0 spiro atoms. The van der Waals surface area contributed by atoms with Gasteiger partial charge >= 0.3 is 0 Å². The normalized spacial score (nSPS) is 17.4. The topological polar surface area (TPSA) is 37.3 Å². The van der Waals surface area contributed by atoms with E-state index >= 15 is 0 Å². The first-order valence-electron chi connectivity index (χ1n) is 7.31. The SMILES string of the molecule is CCCCC[C@@H](O)/C(=C\[Si](C)(C)C)S(=O)C(C)(C)C. The maximum Gasteiger partial charge on any atom is 0.0866 e. The first-order chi connectivity index (χ1) is 8.49. The summed E-state index contributed by atoms with van der Waals surface area (Å²) >= 11 is 0. The van der Waals surface area contributed by atoms with Gasteiger partial charge in [0.1, 0.15) is 0 Å². The molecule has 0 saturated heterocycles.